The van der Waals surface area contributed by atoms with Crippen molar-refractivity contribution in [3.05, 3.63) is 84.2 Å². The van der Waals surface area contributed by atoms with Gasteiger partial charge in [-0.1, -0.05) is 6.07 Å². The molecule has 0 radical (unpaired) electrons. The number of sulfonamides is 1. The lowest BCUT2D eigenvalue weighted by atomic mass is 10.2. The maximum absolute atomic E-state index is 12.6. The molecule has 0 aliphatic rings. The molecule has 28 heavy (non-hydrogen) atoms. The van der Waals surface area contributed by atoms with Crippen LogP contribution in [0.4, 0.5) is 5.69 Å². The molecule has 0 aliphatic carbocycles. The van der Waals surface area contributed by atoms with E-state index in [4.69, 9.17) is 10.00 Å². The Bertz CT molecular complexity index is 1060. The number of rotatable bonds is 7. The molecule has 0 spiro atoms. The van der Waals surface area contributed by atoms with Crippen molar-refractivity contribution in [1.82, 2.24) is 4.98 Å². The minimum Gasteiger partial charge on any atom is -0.457 e. The van der Waals surface area contributed by atoms with Crippen molar-refractivity contribution in [3.63, 3.8) is 0 Å². The summed E-state index contributed by atoms with van der Waals surface area (Å²) in [6, 6.07) is 19.3. The van der Waals surface area contributed by atoms with E-state index in [1.54, 1.807) is 73.9 Å². The van der Waals surface area contributed by atoms with E-state index >= 15 is 0 Å². The fourth-order valence-corrected chi connectivity index (χ4v) is 3.68. The van der Waals surface area contributed by atoms with Crippen LogP contribution in [0, 0.1) is 11.3 Å². The van der Waals surface area contributed by atoms with Gasteiger partial charge in [0, 0.05) is 12.4 Å². The minimum atomic E-state index is -3.46. The highest BCUT2D eigenvalue weighted by Gasteiger charge is 2.21. The number of ether oxygens (including phenoxy) is 1. The molecule has 3 rings (SSSR count). The first-order valence-electron chi connectivity index (χ1n) is 8.69. The van der Waals surface area contributed by atoms with Crippen LogP contribution in [0.2, 0.25) is 0 Å². The lowest BCUT2D eigenvalue weighted by Crippen LogP contribution is -2.31. The van der Waals surface area contributed by atoms with Gasteiger partial charge in [-0.05, 0) is 67.1 Å². The summed E-state index contributed by atoms with van der Waals surface area (Å²) in [6.45, 7) is 1.83. The number of nitrogens with zero attached hydrogens (tertiary/aromatic N) is 3. The van der Waals surface area contributed by atoms with Crippen molar-refractivity contribution in [2.45, 2.75) is 13.5 Å². The van der Waals surface area contributed by atoms with Crippen LogP contribution >= 0.6 is 0 Å². The zero-order valence-electron chi connectivity index (χ0n) is 15.3. The van der Waals surface area contributed by atoms with Crippen LogP contribution in [0.5, 0.6) is 11.5 Å². The zero-order chi connectivity index (χ0) is 20.0. The lowest BCUT2D eigenvalue weighted by Gasteiger charge is -2.24. The van der Waals surface area contributed by atoms with Crippen molar-refractivity contribution in [1.29, 1.82) is 5.26 Å². The molecule has 0 fully saturated rings. The van der Waals surface area contributed by atoms with Gasteiger partial charge in [-0.2, -0.15) is 5.26 Å². The number of anilines is 1. The minimum absolute atomic E-state index is 0.00322. The molecule has 0 saturated carbocycles. The third-order valence-electron chi connectivity index (χ3n) is 4.09. The van der Waals surface area contributed by atoms with E-state index in [1.807, 2.05) is 6.07 Å². The molecule has 3 aromatic rings. The van der Waals surface area contributed by atoms with Crippen molar-refractivity contribution >= 4 is 15.7 Å². The molecule has 0 amide bonds. The van der Waals surface area contributed by atoms with E-state index in [0.717, 1.165) is 5.56 Å². The van der Waals surface area contributed by atoms with Crippen LogP contribution < -0.4 is 9.04 Å². The molecule has 142 valence electrons. The van der Waals surface area contributed by atoms with E-state index in [9.17, 15) is 8.42 Å². The average Bonchev–Trinajstić information content (AvgIpc) is 2.74. The van der Waals surface area contributed by atoms with Gasteiger partial charge in [0.2, 0.25) is 10.0 Å². The van der Waals surface area contributed by atoms with Gasteiger partial charge in [0.1, 0.15) is 11.5 Å². The van der Waals surface area contributed by atoms with E-state index in [2.05, 4.69) is 11.1 Å². The molecule has 0 saturated heterocycles. The molecule has 2 aromatic carbocycles. The molecule has 1 heterocycles. The quantitative estimate of drug-likeness (QED) is 0.603. The SMILES string of the molecule is CCS(=O)(=O)N(Cc1cccnc1)c1ccc(Oc2ccc(C#N)cc2)cc1. The Morgan fingerprint density at radius 1 is 1.04 bits per heavy atom. The van der Waals surface area contributed by atoms with Crippen LogP contribution in [-0.4, -0.2) is 19.2 Å². The fourth-order valence-electron chi connectivity index (χ4n) is 2.58. The predicted molar refractivity (Wildman–Crippen MR) is 108 cm³/mol. The van der Waals surface area contributed by atoms with Crippen molar-refractivity contribution in [2.24, 2.45) is 0 Å². The van der Waals surface area contributed by atoms with Gasteiger partial charge in [-0.15, -0.1) is 0 Å². The first-order chi connectivity index (χ1) is 13.5. The highest BCUT2D eigenvalue weighted by atomic mass is 32.2. The summed E-state index contributed by atoms with van der Waals surface area (Å²) < 4.78 is 32.3. The van der Waals surface area contributed by atoms with Gasteiger partial charge < -0.3 is 4.74 Å². The van der Waals surface area contributed by atoms with E-state index in [0.29, 0.717) is 22.7 Å². The number of benzene rings is 2. The summed E-state index contributed by atoms with van der Waals surface area (Å²) in [5, 5.41) is 8.84. The fraction of sp³-hybridized carbons (Fsp3) is 0.143. The second-order valence-corrected chi connectivity index (χ2v) is 8.18. The van der Waals surface area contributed by atoms with Crippen molar-refractivity contribution < 1.29 is 13.2 Å². The second kappa shape index (κ2) is 8.55. The van der Waals surface area contributed by atoms with Crippen molar-refractivity contribution in [2.75, 3.05) is 10.1 Å². The van der Waals surface area contributed by atoms with Gasteiger partial charge in [0.25, 0.3) is 0 Å². The largest absolute Gasteiger partial charge is 0.457 e. The molecule has 0 atom stereocenters. The molecule has 6 nitrogen and oxygen atoms in total. The Morgan fingerprint density at radius 2 is 1.68 bits per heavy atom. The Hall–Kier alpha value is -3.37. The summed E-state index contributed by atoms with van der Waals surface area (Å²) in [6.07, 6.45) is 3.30. The third-order valence-corrected chi connectivity index (χ3v) is 5.83. The Morgan fingerprint density at radius 3 is 2.21 bits per heavy atom. The van der Waals surface area contributed by atoms with Crippen molar-refractivity contribution in [3.8, 4) is 17.6 Å². The molecule has 0 bridgehead atoms. The number of nitriles is 1. The summed E-state index contributed by atoms with van der Waals surface area (Å²) in [5.41, 5.74) is 1.91. The highest BCUT2D eigenvalue weighted by molar-refractivity contribution is 7.92. The van der Waals surface area contributed by atoms with Gasteiger partial charge >= 0.3 is 0 Å². The van der Waals surface area contributed by atoms with Gasteiger partial charge in [0.15, 0.2) is 0 Å². The lowest BCUT2D eigenvalue weighted by molar-refractivity contribution is 0.482. The van der Waals surface area contributed by atoms with Gasteiger partial charge in [0.05, 0.1) is 29.6 Å². The van der Waals surface area contributed by atoms with Gasteiger partial charge in [-0.3, -0.25) is 9.29 Å². The predicted octanol–water partition coefficient (Wildman–Crippen LogP) is 4.10. The summed E-state index contributed by atoms with van der Waals surface area (Å²) in [5.74, 6) is 1.17. The highest BCUT2D eigenvalue weighted by Crippen LogP contribution is 2.27. The molecule has 0 unspecified atom stereocenters. The van der Waals surface area contributed by atoms with Crippen LogP contribution in [0.25, 0.3) is 0 Å². The van der Waals surface area contributed by atoms with E-state index in [1.165, 1.54) is 4.31 Å². The average molecular weight is 393 g/mol. The third kappa shape index (κ3) is 4.67. The molecule has 1 aromatic heterocycles. The number of hydrogen-bond acceptors (Lipinski definition) is 5. The number of hydrogen-bond donors (Lipinski definition) is 0. The van der Waals surface area contributed by atoms with Crippen LogP contribution in [0.1, 0.15) is 18.1 Å². The topological polar surface area (TPSA) is 83.3 Å². The van der Waals surface area contributed by atoms with Crippen LogP contribution in [0.3, 0.4) is 0 Å². The van der Waals surface area contributed by atoms with Gasteiger partial charge in [-0.25, -0.2) is 8.42 Å². The zero-order valence-corrected chi connectivity index (χ0v) is 16.1. The summed E-state index contributed by atoms with van der Waals surface area (Å²) >= 11 is 0. The Labute approximate surface area is 164 Å². The van der Waals surface area contributed by atoms with Crippen LogP contribution in [-0.2, 0) is 16.6 Å². The molecule has 0 aliphatic heterocycles. The molecular weight excluding hydrogens is 374 g/mol. The Balaban J connectivity index is 1.82. The Kier molecular flexibility index (Phi) is 5.92. The summed E-state index contributed by atoms with van der Waals surface area (Å²) in [7, 11) is -3.46. The normalized spacial score (nSPS) is 10.9. The monoisotopic (exact) mass is 393 g/mol. The van der Waals surface area contributed by atoms with E-state index in [-0.39, 0.29) is 12.3 Å². The number of aromatic nitrogens is 1. The van der Waals surface area contributed by atoms with Crippen LogP contribution in [0.15, 0.2) is 73.1 Å². The van der Waals surface area contributed by atoms with E-state index < -0.39 is 10.0 Å². The smallest absolute Gasteiger partial charge is 0.235 e. The standard InChI is InChI=1S/C21H19N3O3S/c1-2-28(25,26)24(16-18-4-3-13-23-15-18)19-7-11-21(12-8-19)27-20-9-5-17(14-22)6-10-20/h3-13,15H,2,16H2,1H3. The second-order valence-electron chi connectivity index (χ2n) is 6.00. The summed E-state index contributed by atoms with van der Waals surface area (Å²) in [4.78, 5) is 4.05. The maximum Gasteiger partial charge on any atom is 0.235 e. The maximum atomic E-state index is 12.6. The first-order valence-corrected chi connectivity index (χ1v) is 10.3. The first kappa shape index (κ1) is 19.4. The molecule has 0 N–H and O–H groups in total. The molecule has 7 heteroatoms. The number of pyridine rings is 1. The molecular formula is C21H19N3O3S.